The number of nitrogens with zero attached hydrogens (tertiary/aromatic N) is 3. The zero-order valence-corrected chi connectivity index (χ0v) is 13.3. The number of rotatable bonds is 1. The van der Waals surface area contributed by atoms with Crippen molar-refractivity contribution >= 4 is 34.1 Å². The molecule has 0 saturated heterocycles. The Kier molecular flexibility index (Phi) is 3.54. The maximum atomic E-state index is 6.22. The molecule has 4 nitrogen and oxygen atoms in total. The van der Waals surface area contributed by atoms with Crippen molar-refractivity contribution in [1.82, 2.24) is 19.9 Å². The van der Waals surface area contributed by atoms with Gasteiger partial charge in [0.2, 0.25) is 5.82 Å². The Morgan fingerprint density at radius 1 is 0.957 bits per heavy atom. The van der Waals surface area contributed by atoms with Gasteiger partial charge in [0.1, 0.15) is 11.3 Å². The van der Waals surface area contributed by atoms with E-state index in [1.807, 2.05) is 47.8 Å². The lowest BCUT2D eigenvalue weighted by atomic mass is 10.2. The van der Waals surface area contributed by atoms with Crippen LogP contribution in [0.3, 0.4) is 0 Å². The molecule has 0 bridgehead atoms. The zero-order valence-electron chi connectivity index (χ0n) is 11.7. The van der Waals surface area contributed by atoms with E-state index in [-0.39, 0.29) is 0 Å². The van der Waals surface area contributed by atoms with Crippen molar-refractivity contribution in [3.63, 3.8) is 0 Å². The molecule has 4 aromatic rings. The molecule has 1 aromatic carbocycles. The maximum absolute atomic E-state index is 6.22. The summed E-state index contributed by atoms with van der Waals surface area (Å²) in [5, 5.41) is 2.29. The van der Waals surface area contributed by atoms with Gasteiger partial charge in [-0.2, -0.15) is 0 Å². The maximum Gasteiger partial charge on any atom is 0.208 e. The van der Waals surface area contributed by atoms with Crippen LogP contribution in [0, 0.1) is 11.8 Å². The molecule has 0 saturated carbocycles. The summed E-state index contributed by atoms with van der Waals surface area (Å²) in [7, 11) is 0. The average molecular weight is 337 g/mol. The number of H-pyrrole nitrogens is 1. The summed E-state index contributed by atoms with van der Waals surface area (Å²) >= 11 is 7.82. The lowest BCUT2D eigenvalue weighted by Crippen LogP contribution is -1.91. The van der Waals surface area contributed by atoms with Crippen LogP contribution < -0.4 is 0 Å². The van der Waals surface area contributed by atoms with Crippen LogP contribution in [0.25, 0.3) is 21.9 Å². The Hall–Kier alpha value is -2.68. The fourth-order valence-corrected chi connectivity index (χ4v) is 2.98. The molecule has 0 aliphatic carbocycles. The van der Waals surface area contributed by atoms with Crippen LogP contribution in [0.2, 0.25) is 5.15 Å². The van der Waals surface area contributed by atoms with Crippen molar-refractivity contribution in [2.75, 3.05) is 0 Å². The Morgan fingerprint density at radius 3 is 2.61 bits per heavy atom. The van der Waals surface area contributed by atoms with Crippen LogP contribution >= 0.6 is 22.9 Å². The van der Waals surface area contributed by atoms with Crippen LogP contribution in [0.15, 0.2) is 47.8 Å². The highest BCUT2D eigenvalue weighted by Crippen LogP contribution is 2.26. The van der Waals surface area contributed by atoms with Gasteiger partial charge in [-0.05, 0) is 29.5 Å². The third kappa shape index (κ3) is 2.82. The molecule has 0 radical (unpaired) electrons. The van der Waals surface area contributed by atoms with Gasteiger partial charge in [-0.3, -0.25) is 0 Å². The second-order valence-electron chi connectivity index (χ2n) is 4.71. The Labute approximate surface area is 141 Å². The van der Waals surface area contributed by atoms with E-state index in [0.29, 0.717) is 22.1 Å². The molecule has 3 heterocycles. The molecule has 6 heteroatoms. The Bertz CT molecular complexity index is 1030. The summed E-state index contributed by atoms with van der Waals surface area (Å²) in [6.07, 6.45) is 0. The number of benzene rings is 1. The Morgan fingerprint density at radius 2 is 1.83 bits per heavy atom. The van der Waals surface area contributed by atoms with Crippen molar-refractivity contribution in [1.29, 1.82) is 0 Å². The molecule has 0 spiro atoms. The van der Waals surface area contributed by atoms with Gasteiger partial charge >= 0.3 is 0 Å². The molecule has 23 heavy (non-hydrogen) atoms. The summed E-state index contributed by atoms with van der Waals surface area (Å²) in [5.74, 6) is 7.06. The summed E-state index contributed by atoms with van der Waals surface area (Å²) in [6, 6.07) is 13.6. The van der Waals surface area contributed by atoms with Gasteiger partial charge in [0.05, 0.1) is 4.88 Å². The van der Waals surface area contributed by atoms with Gasteiger partial charge in [-0.15, -0.1) is 11.3 Å². The number of hydrogen-bond donors (Lipinski definition) is 1. The van der Waals surface area contributed by atoms with E-state index in [4.69, 9.17) is 11.6 Å². The Balaban J connectivity index is 1.77. The fourth-order valence-electron chi connectivity index (χ4n) is 2.10. The molecule has 0 fully saturated rings. The van der Waals surface area contributed by atoms with Crippen molar-refractivity contribution in [2.24, 2.45) is 0 Å². The monoisotopic (exact) mass is 336 g/mol. The number of hydrogen-bond acceptors (Lipinski definition) is 4. The highest BCUT2D eigenvalue weighted by molar-refractivity contribution is 7.13. The van der Waals surface area contributed by atoms with Crippen LogP contribution in [-0.4, -0.2) is 19.9 Å². The van der Waals surface area contributed by atoms with E-state index in [1.54, 1.807) is 11.3 Å². The summed E-state index contributed by atoms with van der Waals surface area (Å²) in [5.41, 5.74) is 2.04. The highest BCUT2D eigenvalue weighted by atomic mass is 35.5. The minimum absolute atomic E-state index is 0.298. The van der Waals surface area contributed by atoms with Gasteiger partial charge in [-0.1, -0.05) is 41.8 Å². The lowest BCUT2D eigenvalue weighted by molar-refractivity contribution is 1.16. The van der Waals surface area contributed by atoms with E-state index >= 15 is 0 Å². The van der Waals surface area contributed by atoms with E-state index in [9.17, 15) is 0 Å². The largest absolute Gasteiger partial charge is 0.322 e. The predicted molar refractivity (Wildman–Crippen MR) is 92.4 cm³/mol. The number of nitrogens with one attached hydrogen (secondary N) is 1. The molecule has 110 valence electrons. The fraction of sp³-hybridized carbons (Fsp3) is 0. The normalized spacial score (nSPS) is 10.5. The van der Waals surface area contributed by atoms with Crippen molar-refractivity contribution in [3.05, 3.63) is 64.4 Å². The smallest absolute Gasteiger partial charge is 0.208 e. The predicted octanol–water partition coefficient (Wildman–Crippen LogP) is 4.13. The zero-order chi connectivity index (χ0) is 15.6. The molecule has 0 aliphatic heterocycles. The van der Waals surface area contributed by atoms with Crippen molar-refractivity contribution in [2.45, 2.75) is 0 Å². The first-order valence-corrected chi connectivity index (χ1v) is 8.09. The van der Waals surface area contributed by atoms with Gasteiger partial charge in [-0.25, -0.2) is 15.0 Å². The summed E-state index contributed by atoms with van der Waals surface area (Å²) < 4.78 is 0. The van der Waals surface area contributed by atoms with Gasteiger partial charge in [0.15, 0.2) is 10.8 Å². The SMILES string of the molecule is Clc1nc(C#Cc2ccccc2)nc2[nH]c(-c3cccs3)nc12. The van der Waals surface area contributed by atoms with Gasteiger partial charge in [0.25, 0.3) is 0 Å². The number of aromatic amines is 1. The molecular weight excluding hydrogens is 328 g/mol. The van der Waals surface area contributed by atoms with Crippen molar-refractivity contribution < 1.29 is 0 Å². The van der Waals surface area contributed by atoms with Crippen LogP contribution in [0.4, 0.5) is 0 Å². The first kappa shape index (κ1) is 13.9. The summed E-state index contributed by atoms with van der Waals surface area (Å²) in [6.45, 7) is 0. The average Bonchev–Trinajstić information content (AvgIpc) is 3.23. The highest BCUT2D eigenvalue weighted by Gasteiger charge is 2.12. The van der Waals surface area contributed by atoms with Crippen LogP contribution in [0.1, 0.15) is 11.4 Å². The first-order valence-electron chi connectivity index (χ1n) is 6.84. The topological polar surface area (TPSA) is 54.5 Å². The number of thiophene rings is 1. The first-order chi connectivity index (χ1) is 11.3. The van der Waals surface area contributed by atoms with E-state index in [2.05, 4.69) is 31.8 Å². The third-order valence-corrected chi connectivity index (χ3v) is 4.29. The minimum Gasteiger partial charge on any atom is -0.322 e. The molecule has 0 amide bonds. The number of aromatic nitrogens is 4. The molecule has 3 aromatic heterocycles. The number of halogens is 1. The van der Waals surface area contributed by atoms with E-state index in [1.165, 1.54) is 0 Å². The quantitative estimate of drug-likeness (QED) is 0.420. The second-order valence-corrected chi connectivity index (χ2v) is 6.02. The van der Waals surface area contributed by atoms with E-state index < -0.39 is 0 Å². The van der Waals surface area contributed by atoms with Gasteiger partial charge < -0.3 is 4.98 Å². The molecule has 0 aliphatic rings. The minimum atomic E-state index is 0.298. The molecule has 1 N–H and O–H groups in total. The third-order valence-electron chi connectivity index (χ3n) is 3.15. The molecular formula is C17H9ClN4S. The molecule has 4 rings (SSSR count). The number of imidazole rings is 1. The van der Waals surface area contributed by atoms with Gasteiger partial charge in [0, 0.05) is 5.56 Å². The summed E-state index contributed by atoms with van der Waals surface area (Å²) in [4.78, 5) is 17.3. The second kappa shape index (κ2) is 5.84. The van der Waals surface area contributed by atoms with Crippen molar-refractivity contribution in [3.8, 4) is 22.5 Å². The van der Waals surface area contributed by atoms with Crippen LogP contribution in [-0.2, 0) is 0 Å². The number of fused-ring (bicyclic) bond motifs is 1. The molecule has 0 atom stereocenters. The molecule has 0 unspecified atom stereocenters. The lowest BCUT2D eigenvalue weighted by Gasteiger charge is -1.93. The van der Waals surface area contributed by atoms with Crippen LogP contribution in [0.5, 0.6) is 0 Å². The van der Waals surface area contributed by atoms with E-state index in [0.717, 1.165) is 16.3 Å². The standard InChI is InChI=1S/C17H9ClN4S/c18-15-14-17(22-16(21-14)12-7-4-10-23-12)20-13(19-15)9-8-11-5-2-1-3-6-11/h1-7,10H,(H,19,20,21,22).